The number of aromatic nitrogens is 1. The van der Waals surface area contributed by atoms with Crippen LogP contribution in [0.1, 0.15) is 13.3 Å². The second kappa shape index (κ2) is 6.68. The topological polar surface area (TPSA) is 57.5 Å². The summed E-state index contributed by atoms with van der Waals surface area (Å²) in [4.78, 5) is 0.0839. The first-order valence-electron chi connectivity index (χ1n) is 6.67. The van der Waals surface area contributed by atoms with Crippen molar-refractivity contribution in [2.24, 2.45) is 0 Å². The van der Waals surface area contributed by atoms with Crippen molar-refractivity contribution in [3.63, 3.8) is 0 Å². The largest absolute Gasteiger partial charge is 0.493 e. The van der Waals surface area contributed by atoms with Crippen LogP contribution in [-0.4, -0.2) is 33.3 Å². The van der Waals surface area contributed by atoms with E-state index in [0.717, 1.165) is 11.9 Å². The zero-order chi connectivity index (χ0) is 15.5. The molecule has 5 nitrogen and oxygen atoms in total. The molecule has 0 aliphatic carbocycles. The number of hydrogen-bond donors (Lipinski definition) is 0. The molecule has 0 unspecified atom stereocenters. The second-order valence-electron chi connectivity index (χ2n) is 4.55. The van der Waals surface area contributed by atoms with Crippen molar-refractivity contribution in [2.75, 3.05) is 20.3 Å². The summed E-state index contributed by atoms with van der Waals surface area (Å²) in [6.07, 6.45) is 2.34. The molecule has 21 heavy (non-hydrogen) atoms. The van der Waals surface area contributed by atoms with Crippen LogP contribution in [0.3, 0.4) is 0 Å². The maximum atomic E-state index is 11.8. The average Bonchev–Trinajstić information content (AvgIpc) is 2.80. The average molecular weight is 332 g/mol. The predicted octanol–water partition coefficient (Wildman–Crippen LogP) is 3.00. The molecule has 0 aliphatic heterocycles. The zero-order valence-electron chi connectivity index (χ0n) is 12.0. The Labute approximate surface area is 128 Å². The Bertz CT molecular complexity index is 724. The van der Waals surface area contributed by atoms with Gasteiger partial charge in [-0.1, -0.05) is 6.07 Å². The Morgan fingerprint density at radius 1 is 1.33 bits per heavy atom. The molecule has 0 N–H and O–H groups in total. The number of fused-ring (bicyclic) bond motifs is 1. The van der Waals surface area contributed by atoms with Crippen LogP contribution in [0.2, 0.25) is 0 Å². The minimum Gasteiger partial charge on any atom is -0.493 e. The van der Waals surface area contributed by atoms with Crippen LogP contribution in [0, 0.1) is 0 Å². The molecule has 0 amide bonds. The Kier molecular flexibility index (Phi) is 5.13. The highest BCUT2D eigenvalue weighted by molar-refractivity contribution is 8.14. The van der Waals surface area contributed by atoms with Crippen LogP contribution in [-0.2, 0) is 20.3 Å². The van der Waals surface area contributed by atoms with Crippen LogP contribution in [0.5, 0.6) is 5.75 Å². The molecule has 1 aromatic carbocycles. The van der Waals surface area contributed by atoms with Gasteiger partial charge in [0.05, 0.1) is 17.5 Å². The van der Waals surface area contributed by atoms with Gasteiger partial charge in [0, 0.05) is 37.1 Å². The third-order valence-electron chi connectivity index (χ3n) is 3.14. The number of nitrogens with zero attached hydrogens (tertiary/aromatic N) is 1. The Balaban J connectivity index is 2.59. The number of halogens is 1. The highest BCUT2D eigenvalue weighted by Gasteiger charge is 2.21. The molecular formula is C14H18ClNO4S. The van der Waals surface area contributed by atoms with Crippen molar-refractivity contribution >= 4 is 30.6 Å². The van der Waals surface area contributed by atoms with Gasteiger partial charge < -0.3 is 14.0 Å². The van der Waals surface area contributed by atoms with Gasteiger partial charge in [0.15, 0.2) is 0 Å². The summed E-state index contributed by atoms with van der Waals surface area (Å²) in [7, 11) is 3.36. The fourth-order valence-corrected chi connectivity index (χ4v) is 3.36. The summed E-state index contributed by atoms with van der Waals surface area (Å²) in [5, 5.41) is 0.534. The maximum absolute atomic E-state index is 11.8. The summed E-state index contributed by atoms with van der Waals surface area (Å²) in [5.74, 6) is 0.528. The second-order valence-corrected chi connectivity index (χ2v) is 7.09. The lowest BCUT2D eigenvalue weighted by Gasteiger charge is -2.07. The van der Waals surface area contributed by atoms with Crippen LogP contribution in [0.25, 0.3) is 10.9 Å². The SMILES string of the molecule is CCOc1cccc2c1c(S(=O)(=O)Cl)cn2CCCOC. The van der Waals surface area contributed by atoms with E-state index >= 15 is 0 Å². The smallest absolute Gasteiger partial charge is 0.263 e. The number of methoxy groups -OCH3 is 1. The molecule has 0 spiro atoms. The lowest BCUT2D eigenvalue weighted by atomic mass is 10.2. The van der Waals surface area contributed by atoms with Gasteiger partial charge in [-0.15, -0.1) is 0 Å². The summed E-state index contributed by atoms with van der Waals surface area (Å²) >= 11 is 0. The molecule has 0 fully saturated rings. The molecule has 2 aromatic rings. The maximum Gasteiger partial charge on any atom is 0.263 e. The number of rotatable bonds is 7. The van der Waals surface area contributed by atoms with Crippen LogP contribution in [0.4, 0.5) is 0 Å². The van der Waals surface area contributed by atoms with E-state index in [1.54, 1.807) is 19.4 Å². The molecule has 116 valence electrons. The first-order valence-corrected chi connectivity index (χ1v) is 8.98. The monoisotopic (exact) mass is 331 g/mol. The third kappa shape index (κ3) is 3.51. The van der Waals surface area contributed by atoms with Gasteiger partial charge in [-0.2, -0.15) is 0 Å². The molecule has 0 bridgehead atoms. The van der Waals surface area contributed by atoms with Gasteiger partial charge in [0.25, 0.3) is 9.05 Å². The summed E-state index contributed by atoms with van der Waals surface area (Å²) in [6, 6.07) is 5.44. The summed E-state index contributed by atoms with van der Waals surface area (Å²) < 4.78 is 36.1. The van der Waals surface area contributed by atoms with E-state index in [1.165, 1.54) is 0 Å². The molecular weight excluding hydrogens is 314 g/mol. The molecule has 0 aliphatic rings. The normalized spacial score (nSPS) is 12.0. The molecule has 0 radical (unpaired) electrons. The quantitative estimate of drug-likeness (QED) is 0.578. The van der Waals surface area contributed by atoms with Crippen molar-refractivity contribution < 1.29 is 17.9 Å². The van der Waals surface area contributed by atoms with E-state index in [-0.39, 0.29) is 4.90 Å². The molecule has 2 rings (SSSR count). The first kappa shape index (κ1) is 16.1. The van der Waals surface area contributed by atoms with Crippen LogP contribution < -0.4 is 4.74 Å². The van der Waals surface area contributed by atoms with Gasteiger partial charge in [-0.3, -0.25) is 0 Å². The Hall–Kier alpha value is -1.24. The lowest BCUT2D eigenvalue weighted by Crippen LogP contribution is -2.00. The van der Waals surface area contributed by atoms with Crippen molar-refractivity contribution in [1.82, 2.24) is 4.57 Å². The molecule has 7 heteroatoms. The molecule has 0 saturated heterocycles. The Morgan fingerprint density at radius 2 is 2.10 bits per heavy atom. The van der Waals surface area contributed by atoms with E-state index < -0.39 is 9.05 Å². The van der Waals surface area contributed by atoms with Crippen molar-refractivity contribution in [3.8, 4) is 5.75 Å². The van der Waals surface area contributed by atoms with E-state index in [9.17, 15) is 8.42 Å². The molecule has 0 saturated carbocycles. The highest BCUT2D eigenvalue weighted by atomic mass is 35.7. The fraction of sp³-hybridized carbons (Fsp3) is 0.429. The van der Waals surface area contributed by atoms with Crippen LogP contribution in [0.15, 0.2) is 29.3 Å². The number of aryl methyl sites for hydroxylation is 1. The summed E-state index contributed by atoms with van der Waals surface area (Å²) in [5.41, 5.74) is 0.788. The van der Waals surface area contributed by atoms with Crippen molar-refractivity contribution in [3.05, 3.63) is 24.4 Å². The third-order valence-corrected chi connectivity index (χ3v) is 4.48. The molecule has 1 aromatic heterocycles. The minimum atomic E-state index is -3.84. The van der Waals surface area contributed by atoms with E-state index in [0.29, 0.717) is 30.9 Å². The highest BCUT2D eigenvalue weighted by Crippen LogP contribution is 2.35. The van der Waals surface area contributed by atoms with Gasteiger partial charge in [-0.25, -0.2) is 8.42 Å². The van der Waals surface area contributed by atoms with Crippen LogP contribution >= 0.6 is 10.7 Å². The predicted molar refractivity (Wildman–Crippen MR) is 82.6 cm³/mol. The van der Waals surface area contributed by atoms with Gasteiger partial charge in [0.2, 0.25) is 0 Å². The molecule has 0 atom stereocenters. The summed E-state index contributed by atoms with van der Waals surface area (Å²) in [6.45, 7) is 3.55. The van der Waals surface area contributed by atoms with Crippen molar-refractivity contribution in [1.29, 1.82) is 0 Å². The fourth-order valence-electron chi connectivity index (χ4n) is 2.31. The number of benzene rings is 1. The van der Waals surface area contributed by atoms with Gasteiger partial charge in [-0.05, 0) is 25.5 Å². The van der Waals surface area contributed by atoms with Gasteiger partial charge >= 0.3 is 0 Å². The van der Waals surface area contributed by atoms with Gasteiger partial charge in [0.1, 0.15) is 10.6 Å². The standard InChI is InChI=1S/C14H18ClNO4S/c1-3-20-12-7-4-6-11-14(12)13(21(15,17)18)10-16(11)8-5-9-19-2/h4,6-7,10H,3,5,8-9H2,1-2H3. The number of ether oxygens (including phenoxy) is 2. The number of hydrogen-bond acceptors (Lipinski definition) is 4. The van der Waals surface area contributed by atoms with E-state index in [4.69, 9.17) is 20.2 Å². The van der Waals surface area contributed by atoms with E-state index in [2.05, 4.69) is 0 Å². The molecule has 1 heterocycles. The lowest BCUT2D eigenvalue weighted by molar-refractivity contribution is 0.190. The minimum absolute atomic E-state index is 0.0839. The van der Waals surface area contributed by atoms with E-state index in [1.807, 2.05) is 23.6 Å². The van der Waals surface area contributed by atoms with Crippen molar-refractivity contribution in [2.45, 2.75) is 24.8 Å². The Morgan fingerprint density at radius 3 is 2.71 bits per heavy atom. The first-order chi connectivity index (χ1) is 9.99. The zero-order valence-corrected chi connectivity index (χ0v) is 13.6.